The summed E-state index contributed by atoms with van der Waals surface area (Å²) in [6.07, 6.45) is 0. The van der Waals surface area contributed by atoms with Crippen LogP contribution in [-0.2, 0) is 17.9 Å². The minimum atomic E-state index is -0.785. The molecule has 2 aromatic rings. The zero-order valence-corrected chi connectivity index (χ0v) is 17.6. The maximum absolute atomic E-state index is 12.5. The molecule has 0 aromatic heterocycles. The summed E-state index contributed by atoms with van der Waals surface area (Å²) < 4.78 is 0. The van der Waals surface area contributed by atoms with Crippen LogP contribution in [0.5, 0.6) is 0 Å². The van der Waals surface area contributed by atoms with E-state index in [4.69, 9.17) is 0 Å². The number of rotatable bonds is 10. The fraction of sp³-hybridized carbons (Fsp3) is 0.364. The van der Waals surface area contributed by atoms with Gasteiger partial charge in [-0.2, -0.15) is 0 Å². The molecule has 0 aliphatic carbocycles. The Bertz CT molecular complexity index is 896. The second kappa shape index (κ2) is 11.1. The van der Waals surface area contributed by atoms with Crippen LogP contribution in [0.4, 0.5) is 5.69 Å². The lowest BCUT2D eigenvalue weighted by Gasteiger charge is -2.20. The van der Waals surface area contributed by atoms with E-state index in [-0.39, 0.29) is 17.2 Å². The van der Waals surface area contributed by atoms with Crippen molar-refractivity contribution in [3.8, 4) is 0 Å². The second-order valence-electron chi connectivity index (χ2n) is 6.95. The van der Waals surface area contributed by atoms with Gasteiger partial charge < -0.3 is 10.6 Å². The number of nitrogens with one attached hydrogen (secondary N) is 2. The molecule has 2 aromatic carbocycles. The molecule has 8 nitrogen and oxygen atoms in total. The summed E-state index contributed by atoms with van der Waals surface area (Å²) in [4.78, 5) is 37.4. The van der Waals surface area contributed by atoms with Crippen molar-refractivity contribution in [2.75, 3.05) is 13.1 Å². The molecule has 0 aliphatic rings. The standard InChI is InChI=1S/C22H28N4O4/c1-4-25(5-2)15-19-10-7-6-9-18(19)14-23-21(27)16(3)24-22(28)17-11-8-12-20(13-17)26(29)30/h6-13,16H,4-5,14-15H2,1-3H3,(H,23,27)(H,24,28)/t16-/m0/s1. The number of benzene rings is 2. The predicted octanol–water partition coefficient (Wildman–Crippen LogP) is 2.87. The highest BCUT2D eigenvalue weighted by molar-refractivity contribution is 5.97. The van der Waals surface area contributed by atoms with E-state index in [9.17, 15) is 19.7 Å². The number of nitrogens with zero attached hydrogens (tertiary/aromatic N) is 2. The van der Waals surface area contributed by atoms with Crippen LogP contribution in [0, 0.1) is 10.1 Å². The van der Waals surface area contributed by atoms with Crippen molar-refractivity contribution in [1.82, 2.24) is 15.5 Å². The van der Waals surface area contributed by atoms with Gasteiger partial charge in [-0.3, -0.25) is 24.6 Å². The molecule has 0 radical (unpaired) electrons. The van der Waals surface area contributed by atoms with E-state index in [0.717, 1.165) is 30.8 Å². The van der Waals surface area contributed by atoms with Gasteiger partial charge in [-0.25, -0.2) is 0 Å². The van der Waals surface area contributed by atoms with E-state index in [1.54, 1.807) is 6.92 Å². The van der Waals surface area contributed by atoms with Crippen LogP contribution in [0.2, 0.25) is 0 Å². The first-order valence-corrected chi connectivity index (χ1v) is 9.97. The average molecular weight is 412 g/mol. The Kier molecular flexibility index (Phi) is 8.49. The third kappa shape index (κ3) is 6.38. The first-order valence-electron chi connectivity index (χ1n) is 9.97. The Morgan fingerprint density at radius 1 is 1.07 bits per heavy atom. The first-order chi connectivity index (χ1) is 14.3. The number of carbonyl (C=O) groups is 2. The summed E-state index contributed by atoms with van der Waals surface area (Å²) in [7, 11) is 0. The number of nitro groups is 1. The fourth-order valence-electron chi connectivity index (χ4n) is 3.01. The lowest BCUT2D eigenvalue weighted by molar-refractivity contribution is -0.384. The SMILES string of the molecule is CCN(CC)Cc1ccccc1CNC(=O)[C@H](C)NC(=O)c1cccc([N+](=O)[O-])c1. The largest absolute Gasteiger partial charge is 0.350 e. The molecule has 160 valence electrons. The van der Waals surface area contributed by atoms with Crippen molar-refractivity contribution in [3.63, 3.8) is 0 Å². The molecule has 0 heterocycles. The highest BCUT2D eigenvalue weighted by atomic mass is 16.6. The van der Waals surface area contributed by atoms with Gasteiger partial charge in [0, 0.05) is 30.8 Å². The van der Waals surface area contributed by atoms with E-state index >= 15 is 0 Å². The highest BCUT2D eigenvalue weighted by Gasteiger charge is 2.18. The Labute approximate surface area is 176 Å². The molecule has 0 saturated carbocycles. The monoisotopic (exact) mass is 412 g/mol. The third-order valence-electron chi connectivity index (χ3n) is 4.92. The van der Waals surface area contributed by atoms with Crippen LogP contribution in [0.15, 0.2) is 48.5 Å². The quantitative estimate of drug-likeness (QED) is 0.461. The topological polar surface area (TPSA) is 105 Å². The van der Waals surface area contributed by atoms with Crippen molar-refractivity contribution >= 4 is 17.5 Å². The summed E-state index contributed by atoms with van der Waals surface area (Å²) in [6, 6.07) is 12.5. The second-order valence-corrected chi connectivity index (χ2v) is 6.95. The van der Waals surface area contributed by atoms with E-state index in [0.29, 0.717) is 6.54 Å². The van der Waals surface area contributed by atoms with Crippen LogP contribution in [0.25, 0.3) is 0 Å². The summed E-state index contributed by atoms with van der Waals surface area (Å²) in [6.45, 7) is 8.84. The van der Waals surface area contributed by atoms with Crippen molar-refractivity contribution in [2.45, 2.75) is 39.9 Å². The lowest BCUT2D eigenvalue weighted by Crippen LogP contribution is -2.44. The molecular formula is C22H28N4O4. The van der Waals surface area contributed by atoms with Crippen LogP contribution in [-0.4, -0.2) is 40.8 Å². The number of hydrogen-bond acceptors (Lipinski definition) is 5. The predicted molar refractivity (Wildman–Crippen MR) is 115 cm³/mol. The Hall–Kier alpha value is -3.26. The summed E-state index contributed by atoms with van der Waals surface area (Å²) in [5.41, 5.74) is 2.13. The molecule has 2 rings (SSSR count). The molecule has 2 N–H and O–H groups in total. The zero-order valence-electron chi connectivity index (χ0n) is 17.6. The van der Waals surface area contributed by atoms with Crippen LogP contribution >= 0.6 is 0 Å². The van der Waals surface area contributed by atoms with Gasteiger partial charge in [0.15, 0.2) is 0 Å². The van der Waals surface area contributed by atoms with Crippen LogP contribution in [0.1, 0.15) is 42.3 Å². The number of hydrogen-bond donors (Lipinski definition) is 2. The molecule has 1 atom stereocenters. The zero-order chi connectivity index (χ0) is 22.1. The van der Waals surface area contributed by atoms with Crippen molar-refractivity contribution < 1.29 is 14.5 Å². The van der Waals surface area contributed by atoms with Gasteiger partial charge in [-0.05, 0) is 37.2 Å². The van der Waals surface area contributed by atoms with Crippen LogP contribution in [0.3, 0.4) is 0 Å². The number of non-ortho nitro benzene ring substituents is 1. The van der Waals surface area contributed by atoms with Crippen LogP contribution < -0.4 is 10.6 Å². The average Bonchev–Trinajstić information content (AvgIpc) is 2.76. The summed E-state index contributed by atoms with van der Waals surface area (Å²) >= 11 is 0. The Balaban J connectivity index is 1.96. The minimum Gasteiger partial charge on any atom is -0.350 e. The maximum Gasteiger partial charge on any atom is 0.270 e. The highest BCUT2D eigenvalue weighted by Crippen LogP contribution is 2.14. The van der Waals surface area contributed by atoms with E-state index < -0.39 is 16.9 Å². The van der Waals surface area contributed by atoms with Gasteiger partial charge in [-0.1, -0.05) is 44.2 Å². The number of carbonyl (C=O) groups excluding carboxylic acids is 2. The van der Waals surface area contributed by atoms with Gasteiger partial charge >= 0.3 is 0 Å². The molecule has 0 unspecified atom stereocenters. The minimum absolute atomic E-state index is 0.133. The van der Waals surface area contributed by atoms with E-state index in [1.165, 1.54) is 24.3 Å². The Morgan fingerprint density at radius 3 is 2.37 bits per heavy atom. The van der Waals surface area contributed by atoms with Crippen molar-refractivity contribution in [3.05, 3.63) is 75.3 Å². The smallest absolute Gasteiger partial charge is 0.270 e. The van der Waals surface area contributed by atoms with Gasteiger partial charge in [-0.15, -0.1) is 0 Å². The fourth-order valence-corrected chi connectivity index (χ4v) is 3.01. The molecule has 0 spiro atoms. The molecule has 30 heavy (non-hydrogen) atoms. The molecule has 2 amide bonds. The summed E-state index contributed by atoms with van der Waals surface area (Å²) in [5, 5.41) is 16.3. The molecule has 8 heteroatoms. The lowest BCUT2D eigenvalue weighted by atomic mass is 10.1. The third-order valence-corrected chi connectivity index (χ3v) is 4.92. The first kappa shape index (κ1) is 23.0. The van der Waals surface area contributed by atoms with Gasteiger partial charge in [0.1, 0.15) is 6.04 Å². The van der Waals surface area contributed by atoms with E-state index in [1.807, 2.05) is 24.3 Å². The van der Waals surface area contributed by atoms with Gasteiger partial charge in [0.2, 0.25) is 5.91 Å². The van der Waals surface area contributed by atoms with Crippen molar-refractivity contribution in [1.29, 1.82) is 0 Å². The van der Waals surface area contributed by atoms with E-state index in [2.05, 4.69) is 29.4 Å². The van der Waals surface area contributed by atoms with Crippen molar-refractivity contribution in [2.24, 2.45) is 0 Å². The maximum atomic E-state index is 12.5. The Morgan fingerprint density at radius 2 is 1.73 bits per heavy atom. The molecule has 0 saturated heterocycles. The van der Waals surface area contributed by atoms with Gasteiger partial charge in [0.25, 0.3) is 11.6 Å². The molecule has 0 fully saturated rings. The number of nitro benzene ring substituents is 1. The molecule has 0 aliphatic heterocycles. The number of amides is 2. The molecular weight excluding hydrogens is 384 g/mol. The normalized spacial score (nSPS) is 11.7. The summed E-state index contributed by atoms with van der Waals surface area (Å²) in [5.74, 6) is -0.866. The molecule has 0 bridgehead atoms. The van der Waals surface area contributed by atoms with Gasteiger partial charge in [0.05, 0.1) is 4.92 Å².